The van der Waals surface area contributed by atoms with Gasteiger partial charge >= 0.3 is 0 Å². The summed E-state index contributed by atoms with van der Waals surface area (Å²) in [5, 5.41) is 3.59. The lowest BCUT2D eigenvalue weighted by Crippen LogP contribution is -2.46. The van der Waals surface area contributed by atoms with Crippen molar-refractivity contribution >= 4 is 7.85 Å². The molecule has 1 fully saturated rings. The van der Waals surface area contributed by atoms with Gasteiger partial charge in [-0.1, -0.05) is 20.8 Å². The molecule has 16 heavy (non-hydrogen) atoms. The average molecular weight is 227 g/mol. The molecule has 94 valence electrons. The fourth-order valence-corrected chi connectivity index (χ4v) is 2.19. The monoisotopic (exact) mass is 227 g/mol. The molecule has 0 saturated carbocycles. The van der Waals surface area contributed by atoms with E-state index in [1.165, 1.54) is 0 Å². The summed E-state index contributed by atoms with van der Waals surface area (Å²) in [6, 6.07) is 1.22. The third-order valence-electron chi connectivity index (χ3n) is 3.22. The molecule has 0 aromatic rings. The lowest BCUT2D eigenvalue weighted by molar-refractivity contribution is -0.0232. The van der Waals surface area contributed by atoms with Gasteiger partial charge in [-0.05, 0) is 19.8 Å². The second-order valence-corrected chi connectivity index (χ2v) is 5.47. The standard InChI is InChI=1S/C12H26BNO2/c1-7(2)14-11-9(5)12(13)16-10(11)6-15-8(3)4/h7-12,14H,6,13H2,1-5H3/t9-,10+,11?,12+/m0/s1. The molecule has 1 aliphatic heterocycles. The molecular formula is C12H26BNO2. The van der Waals surface area contributed by atoms with Gasteiger partial charge in [-0.25, -0.2) is 0 Å². The first-order chi connectivity index (χ1) is 7.41. The summed E-state index contributed by atoms with van der Waals surface area (Å²) in [5.41, 5.74) is 0. The molecule has 0 aliphatic carbocycles. The number of hydrogen-bond acceptors (Lipinski definition) is 3. The molecule has 1 heterocycles. The van der Waals surface area contributed by atoms with Crippen LogP contribution in [0.4, 0.5) is 0 Å². The minimum atomic E-state index is 0.190. The minimum absolute atomic E-state index is 0.190. The van der Waals surface area contributed by atoms with E-state index in [9.17, 15) is 0 Å². The van der Waals surface area contributed by atoms with Crippen LogP contribution in [0.3, 0.4) is 0 Å². The molecule has 0 aromatic carbocycles. The molecule has 4 atom stereocenters. The summed E-state index contributed by atoms with van der Waals surface area (Å²) in [5.74, 6) is 0.545. The van der Waals surface area contributed by atoms with Gasteiger partial charge in [0.25, 0.3) is 0 Å². The van der Waals surface area contributed by atoms with Crippen LogP contribution >= 0.6 is 0 Å². The largest absolute Gasteiger partial charge is 0.380 e. The SMILES string of the molecule is B[C@@H]1O[C@H](COC(C)C)C(NC(C)C)[C@@H]1C. The first-order valence-corrected chi connectivity index (χ1v) is 6.45. The predicted octanol–water partition coefficient (Wildman–Crippen LogP) is 0.772. The van der Waals surface area contributed by atoms with E-state index >= 15 is 0 Å². The van der Waals surface area contributed by atoms with Crippen LogP contribution in [-0.2, 0) is 9.47 Å². The van der Waals surface area contributed by atoms with Crippen molar-refractivity contribution in [3.63, 3.8) is 0 Å². The quantitative estimate of drug-likeness (QED) is 0.704. The molecule has 3 nitrogen and oxygen atoms in total. The third-order valence-corrected chi connectivity index (χ3v) is 3.22. The van der Waals surface area contributed by atoms with E-state index in [1.54, 1.807) is 0 Å². The molecule has 0 spiro atoms. The van der Waals surface area contributed by atoms with Gasteiger partial charge in [-0.15, -0.1) is 0 Å². The van der Waals surface area contributed by atoms with Crippen molar-refractivity contribution < 1.29 is 9.47 Å². The maximum Gasteiger partial charge on any atom is 0.139 e. The Morgan fingerprint density at radius 3 is 2.44 bits per heavy atom. The highest BCUT2D eigenvalue weighted by atomic mass is 16.5. The van der Waals surface area contributed by atoms with E-state index < -0.39 is 0 Å². The zero-order valence-corrected chi connectivity index (χ0v) is 11.5. The second kappa shape index (κ2) is 6.03. The molecular weight excluding hydrogens is 201 g/mol. The highest BCUT2D eigenvalue weighted by Gasteiger charge is 2.39. The van der Waals surface area contributed by atoms with Gasteiger partial charge in [0.2, 0.25) is 0 Å². The number of nitrogens with one attached hydrogen (secondary N) is 1. The van der Waals surface area contributed by atoms with E-state index in [4.69, 9.17) is 9.47 Å². The van der Waals surface area contributed by atoms with E-state index in [1.807, 2.05) is 0 Å². The van der Waals surface area contributed by atoms with Crippen LogP contribution in [0.1, 0.15) is 34.6 Å². The Bertz CT molecular complexity index is 211. The Morgan fingerprint density at radius 2 is 1.94 bits per heavy atom. The van der Waals surface area contributed by atoms with Gasteiger partial charge < -0.3 is 14.8 Å². The summed E-state index contributed by atoms with van der Waals surface area (Å²) in [7, 11) is 2.15. The van der Waals surface area contributed by atoms with Crippen molar-refractivity contribution in [2.45, 2.75) is 64.9 Å². The summed E-state index contributed by atoms with van der Waals surface area (Å²) >= 11 is 0. The highest BCUT2D eigenvalue weighted by Crippen LogP contribution is 2.25. The minimum Gasteiger partial charge on any atom is -0.380 e. The van der Waals surface area contributed by atoms with Crippen molar-refractivity contribution in [2.24, 2.45) is 5.92 Å². The first kappa shape index (κ1) is 14.0. The fourth-order valence-electron chi connectivity index (χ4n) is 2.19. The van der Waals surface area contributed by atoms with Crippen LogP contribution < -0.4 is 5.32 Å². The predicted molar refractivity (Wildman–Crippen MR) is 69.5 cm³/mol. The van der Waals surface area contributed by atoms with E-state index in [2.05, 4.69) is 47.8 Å². The molecule has 1 saturated heterocycles. The molecule has 0 amide bonds. The summed E-state index contributed by atoms with van der Waals surface area (Å²) in [4.78, 5) is 0. The van der Waals surface area contributed by atoms with Crippen LogP contribution in [0.15, 0.2) is 0 Å². The lowest BCUT2D eigenvalue weighted by atomic mass is 9.84. The molecule has 0 bridgehead atoms. The zero-order valence-electron chi connectivity index (χ0n) is 11.5. The molecule has 0 aromatic heterocycles. The highest BCUT2D eigenvalue weighted by molar-refractivity contribution is 6.11. The van der Waals surface area contributed by atoms with Gasteiger partial charge in [-0.3, -0.25) is 0 Å². The second-order valence-electron chi connectivity index (χ2n) is 5.47. The molecule has 1 rings (SSSR count). The third kappa shape index (κ3) is 3.76. The van der Waals surface area contributed by atoms with Crippen LogP contribution in [0.2, 0.25) is 0 Å². The lowest BCUT2D eigenvalue weighted by Gasteiger charge is -2.25. The Balaban J connectivity index is 2.52. The Hall–Kier alpha value is -0.0551. The van der Waals surface area contributed by atoms with Crippen LogP contribution in [0.25, 0.3) is 0 Å². The topological polar surface area (TPSA) is 30.5 Å². The van der Waals surface area contributed by atoms with Crippen LogP contribution in [0, 0.1) is 5.92 Å². The Morgan fingerprint density at radius 1 is 1.31 bits per heavy atom. The van der Waals surface area contributed by atoms with Gasteiger partial charge in [-0.2, -0.15) is 0 Å². The zero-order chi connectivity index (χ0) is 12.3. The van der Waals surface area contributed by atoms with Crippen LogP contribution in [0.5, 0.6) is 0 Å². The smallest absolute Gasteiger partial charge is 0.139 e. The number of ether oxygens (including phenoxy) is 2. The van der Waals surface area contributed by atoms with E-state index in [0.717, 1.165) is 0 Å². The van der Waals surface area contributed by atoms with Crippen molar-refractivity contribution in [3.05, 3.63) is 0 Å². The van der Waals surface area contributed by atoms with Crippen molar-refractivity contribution in [2.75, 3.05) is 6.61 Å². The maximum atomic E-state index is 5.95. The summed E-state index contributed by atoms with van der Waals surface area (Å²) < 4.78 is 11.6. The van der Waals surface area contributed by atoms with Crippen molar-refractivity contribution in [1.29, 1.82) is 0 Å². The van der Waals surface area contributed by atoms with Gasteiger partial charge in [0, 0.05) is 18.1 Å². The Labute approximate surface area is 101 Å². The number of rotatable bonds is 5. The van der Waals surface area contributed by atoms with Crippen LogP contribution in [-0.4, -0.2) is 44.7 Å². The van der Waals surface area contributed by atoms with E-state index in [-0.39, 0.29) is 12.2 Å². The molecule has 1 aliphatic rings. The molecule has 0 radical (unpaired) electrons. The van der Waals surface area contributed by atoms with Crippen molar-refractivity contribution in [3.8, 4) is 0 Å². The number of hydrogen-bond donors (Lipinski definition) is 1. The maximum absolute atomic E-state index is 5.95. The molecule has 1 unspecified atom stereocenters. The Kier molecular flexibility index (Phi) is 5.28. The van der Waals surface area contributed by atoms with E-state index in [0.29, 0.717) is 30.6 Å². The fraction of sp³-hybridized carbons (Fsp3) is 1.00. The average Bonchev–Trinajstić information content (AvgIpc) is 2.42. The van der Waals surface area contributed by atoms with Crippen molar-refractivity contribution in [1.82, 2.24) is 5.32 Å². The van der Waals surface area contributed by atoms with Gasteiger partial charge in [0.05, 0.1) is 18.8 Å². The summed E-state index contributed by atoms with van der Waals surface area (Å²) in [6.07, 6.45) is 0.462. The molecule has 4 heteroatoms. The first-order valence-electron chi connectivity index (χ1n) is 6.45. The summed E-state index contributed by atoms with van der Waals surface area (Å²) in [6.45, 7) is 11.4. The normalized spacial score (nSPS) is 35.2. The van der Waals surface area contributed by atoms with Gasteiger partial charge in [0.1, 0.15) is 7.85 Å². The van der Waals surface area contributed by atoms with Gasteiger partial charge in [0.15, 0.2) is 0 Å². The molecule has 1 N–H and O–H groups in total.